The van der Waals surface area contributed by atoms with E-state index in [0.717, 1.165) is 13.0 Å². The molecule has 102 valence electrons. The van der Waals surface area contributed by atoms with Crippen LogP contribution in [0.2, 0.25) is 0 Å². The van der Waals surface area contributed by atoms with Gasteiger partial charge in [-0.25, -0.2) is 8.42 Å². The molecule has 2 rings (SSSR count). The van der Waals surface area contributed by atoms with Crippen molar-refractivity contribution in [3.63, 3.8) is 0 Å². The highest BCUT2D eigenvalue weighted by Crippen LogP contribution is 2.23. The Hall–Kier alpha value is -2.02. The summed E-state index contributed by atoms with van der Waals surface area (Å²) in [6.07, 6.45) is 3.82. The minimum atomic E-state index is -3.62. The smallest absolute Gasteiger partial charge is 0.264 e. The molecular weight excluding hydrogens is 264 g/mol. The summed E-state index contributed by atoms with van der Waals surface area (Å²) in [5.41, 5.74) is 1.01. The fraction of sp³-hybridized carbons (Fsp3) is 0.250. The molecule has 0 aliphatic carbocycles. The van der Waals surface area contributed by atoms with Crippen LogP contribution in [0, 0.1) is 0 Å². The second-order valence-electron chi connectivity index (χ2n) is 4.02. The maximum atomic E-state index is 12.3. The SMILES string of the molecule is CCCNc1ccccc1S(=O)(=O)Nc1cn[nH]c1. The molecule has 0 saturated carbocycles. The van der Waals surface area contributed by atoms with Crippen LogP contribution in [-0.4, -0.2) is 25.2 Å². The van der Waals surface area contributed by atoms with Crippen LogP contribution in [0.25, 0.3) is 0 Å². The van der Waals surface area contributed by atoms with Gasteiger partial charge in [0.1, 0.15) is 4.90 Å². The molecule has 1 aromatic heterocycles. The number of hydrogen-bond acceptors (Lipinski definition) is 4. The normalized spacial score (nSPS) is 11.2. The van der Waals surface area contributed by atoms with Crippen molar-refractivity contribution < 1.29 is 8.42 Å². The predicted molar refractivity (Wildman–Crippen MR) is 74.6 cm³/mol. The second-order valence-corrected chi connectivity index (χ2v) is 5.67. The molecule has 0 fully saturated rings. The maximum absolute atomic E-state index is 12.3. The third kappa shape index (κ3) is 3.25. The highest BCUT2D eigenvalue weighted by molar-refractivity contribution is 7.92. The molecule has 0 unspecified atom stereocenters. The van der Waals surface area contributed by atoms with Gasteiger partial charge in [-0.2, -0.15) is 5.10 Å². The molecule has 0 saturated heterocycles. The van der Waals surface area contributed by atoms with E-state index in [1.54, 1.807) is 24.3 Å². The van der Waals surface area contributed by atoms with Crippen molar-refractivity contribution in [1.29, 1.82) is 0 Å². The molecule has 7 heteroatoms. The maximum Gasteiger partial charge on any atom is 0.264 e. The minimum absolute atomic E-state index is 0.227. The van der Waals surface area contributed by atoms with E-state index in [1.807, 2.05) is 6.92 Å². The van der Waals surface area contributed by atoms with Gasteiger partial charge in [-0.3, -0.25) is 9.82 Å². The molecule has 19 heavy (non-hydrogen) atoms. The molecule has 0 bridgehead atoms. The van der Waals surface area contributed by atoms with Crippen LogP contribution in [0.1, 0.15) is 13.3 Å². The number of rotatable bonds is 6. The van der Waals surface area contributed by atoms with E-state index >= 15 is 0 Å². The zero-order chi connectivity index (χ0) is 13.7. The van der Waals surface area contributed by atoms with Crippen molar-refractivity contribution in [2.45, 2.75) is 18.2 Å². The Labute approximate surface area is 112 Å². The summed E-state index contributed by atoms with van der Waals surface area (Å²) in [5.74, 6) is 0. The summed E-state index contributed by atoms with van der Waals surface area (Å²) >= 11 is 0. The van der Waals surface area contributed by atoms with Crippen molar-refractivity contribution in [3.8, 4) is 0 Å². The molecule has 0 radical (unpaired) electrons. The number of H-pyrrole nitrogens is 1. The Balaban J connectivity index is 2.29. The van der Waals surface area contributed by atoms with Gasteiger partial charge >= 0.3 is 0 Å². The zero-order valence-electron chi connectivity index (χ0n) is 10.6. The third-order valence-corrected chi connectivity index (χ3v) is 3.93. The van der Waals surface area contributed by atoms with Gasteiger partial charge in [0.2, 0.25) is 0 Å². The van der Waals surface area contributed by atoms with Gasteiger partial charge in [0, 0.05) is 12.7 Å². The number of aromatic nitrogens is 2. The summed E-state index contributed by atoms with van der Waals surface area (Å²) in [6, 6.07) is 6.82. The topological polar surface area (TPSA) is 86.9 Å². The van der Waals surface area contributed by atoms with E-state index in [4.69, 9.17) is 0 Å². The Kier molecular flexibility index (Phi) is 4.06. The summed E-state index contributed by atoms with van der Waals surface area (Å²) in [6.45, 7) is 2.74. The molecule has 3 N–H and O–H groups in total. The molecule has 0 atom stereocenters. The number of hydrogen-bond donors (Lipinski definition) is 3. The van der Waals surface area contributed by atoms with E-state index in [0.29, 0.717) is 11.4 Å². The standard InChI is InChI=1S/C12H16N4O2S/c1-2-7-13-11-5-3-4-6-12(11)19(17,18)16-10-8-14-15-9-10/h3-6,8-9,13,16H,2,7H2,1H3,(H,14,15). The second kappa shape index (κ2) is 5.75. The molecular formula is C12H16N4O2S. The average molecular weight is 280 g/mol. The lowest BCUT2D eigenvalue weighted by Gasteiger charge is -2.12. The van der Waals surface area contributed by atoms with Gasteiger partial charge in [0.05, 0.1) is 17.6 Å². The first kappa shape index (κ1) is 13.4. The van der Waals surface area contributed by atoms with E-state index in [9.17, 15) is 8.42 Å². The fourth-order valence-corrected chi connectivity index (χ4v) is 2.84. The lowest BCUT2D eigenvalue weighted by Crippen LogP contribution is -2.15. The van der Waals surface area contributed by atoms with E-state index < -0.39 is 10.0 Å². The number of sulfonamides is 1. The quantitative estimate of drug-likeness (QED) is 0.755. The highest BCUT2D eigenvalue weighted by Gasteiger charge is 2.18. The molecule has 0 aliphatic rings. The summed E-state index contributed by atoms with van der Waals surface area (Å²) in [5, 5.41) is 9.37. The van der Waals surface area contributed by atoms with Crippen molar-refractivity contribution in [2.24, 2.45) is 0 Å². The van der Waals surface area contributed by atoms with Gasteiger partial charge < -0.3 is 5.32 Å². The molecule has 1 aromatic carbocycles. The Morgan fingerprint density at radius 1 is 1.32 bits per heavy atom. The molecule has 0 aliphatic heterocycles. The first-order chi connectivity index (χ1) is 9.13. The molecule has 0 spiro atoms. The molecule has 2 aromatic rings. The Morgan fingerprint density at radius 2 is 2.11 bits per heavy atom. The number of aromatic amines is 1. The summed E-state index contributed by atoms with van der Waals surface area (Å²) in [4.78, 5) is 0.227. The van der Waals surface area contributed by atoms with Crippen LogP contribution in [0.4, 0.5) is 11.4 Å². The first-order valence-electron chi connectivity index (χ1n) is 5.98. The predicted octanol–water partition coefficient (Wildman–Crippen LogP) is 2.03. The Bertz CT molecular complexity index is 623. The highest BCUT2D eigenvalue weighted by atomic mass is 32.2. The monoisotopic (exact) mass is 280 g/mol. The van der Waals surface area contributed by atoms with Crippen LogP contribution in [0.15, 0.2) is 41.6 Å². The third-order valence-electron chi connectivity index (χ3n) is 2.49. The number of para-hydroxylation sites is 1. The number of nitrogens with zero attached hydrogens (tertiary/aromatic N) is 1. The van der Waals surface area contributed by atoms with Crippen LogP contribution in [-0.2, 0) is 10.0 Å². The van der Waals surface area contributed by atoms with E-state index in [2.05, 4.69) is 20.2 Å². The molecule has 1 heterocycles. The average Bonchev–Trinajstić information content (AvgIpc) is 2.88. The number of anilines is 2. The largest absolute Gasteiger partial charge is 0.384 e. The van der Waals surface area contributed by atoms with Gasteiger partial charge in [-0.15, -0.1) is 0 Å². The van der Waals surface area contributed by atoms with Gasteiger partial charge in [0.25, 0.3) is 10.0 Å². The van der Waals surface area contributed by atoms with Crippen molar-refractivity contribution in [2.75, 3.05) is 16.6 Å². The molecule has 6 nitrogen and oxygen atoms in total. The Morgan fingerprint density at radius 3 is 2.79 bits per heavy atom. The van der Waals surface area contributed by atoms with Crippen molar-refractivity contribution >= 4 is 21.4 Å². The fourth-order valence-electron chi connectivity index (χ4n) is 1.62. The van der Waals surface area contributed by atoms with Gasteiger partial charge in [0.15, 0.2) is 0 Å². The summed E-state index contributed by atoms with van der Waals surface area (Å²) < 4.78 is 27.1. The summed E-state index contributed by atoms with van der Waals surface area (Å²) in [7, 11) is -3.62. The molecule has 0 amide bonds. The van der Waals surface area contributed by atoms with Gasteiger partial charge in [-0.05, 0) is 18.6 Å². The number of benzene rings is 1. The van der Waals surface area contributed by atoms with E-state index in [1.165, 1.54) is 12.4 Å². The van der Waals surface area contributed by atoms with Crippen molar-refractivity contribution in [3.05, 3.63) is 36.7 Å². The lowest BCUT2D eigenvalue weighted by molar-refractivity contribution is 0.601. The lowest BCUT2D eigenvalue weighted by atomic mass is 10.3. The van der Waals surface area contributed by atoms with Crippen molar-refractivity contribution in [1.82, 2.24) is 10.2 Å². The van der Waals surface area contributed by atoms with Crippen LogP contribution in [0.3, 0.4) is 0 Å². The zero-order valence-corrected chi connectivity index (χ0v) is 11.4. The van der Waals surface area contributed by atoms with Crippen LogP contribution >= 0.6 is 0 Å². The minimum Gasteiger partial charge on any atom is -0.384 e. The van der Waals surface area contributed by atoms with Crippen LogP contribution < -0.4 is 10.0 Å². The van der Waals surface area contributed by atoms with Gasteiger partial charge in [-0.1, -0.05) is 19.1 Å². The first-order valence-corrected chi connectivity index (χ1v) is 7.46. The van der Waals surface area contributed by atoms with E-state index in [-0.39, 0.29) is 4.90 Å². The number of nitrogens with one attached hydrogen (secondary N) is 3. The van der Waals surface area contributed by atoms with Crippen LogP contribution in [0.5, 0.6) is 0 Å².